The summed E-state index contributed by atoms with van der Waals surface area (Å²) in [6.45, 7) is 0.0764. The van der Waals surface area contributed by atoms with Gasteiger partial charge in [-0.3, -0.25) is 0 Å². The smallest absolute Gasteiger partial charge is 0.247 e. The highest BCUT2D eigenvalue weighted by atomic mass is 15.2. The van der Waals surface area contributed by atoms with Gasteiger partial charge >= 0.3 is 0 Å². The summed E-state index contributed by atoms with van der Waals surface area (Å²) in [6, 6.07) is 68.5. The molecule has 4 heterocycles. The summed E-state index contributed by atoms with van der Waals surface area (Å²) < 4.78 is 2.62. The van der Waals surface area contributed by atoms with Crippen LogP contribution in [0.5, 0.6) is 0 Å². The SMILES string of the molecule is C1=C2c3ccccc3-c3cccc4ccc5c(c34)C2C2C(=C1)B1c3c(cc(N(c4ccccc4)c4ccccc4)cc3-n3c4ccccc4c4c6ccccc6cc1c43)N52. The summed E-state index contributed by atoms with van der Waals surface area (Å²) in [4.78, 5) is 5.22. The molecule has 0 bridgehead atoms. The van der Waals surface area contributed by atoms with Gasteiger partial charge in [-0.2, -0.15) is 0 Å². The lowest BCUT2D eigenvalue weighted by Crippen LogP contribution is -2.60. The van der Waals surface area contributed by atoms with E-state index in [1.54, 1.807) is 0 Å². The third-order valence-electron chi connectivity index (χ3n) is 14.4. The van der Waals surface area contributed by atoms with E-state index in [4.69, 9.17) is 0 Å². The zero-order valence-electron chi connectivity index (χ0n) is 32.5. The molecule has 4 heteroatoms. The molecule has 276 valence electrons. The second kappa shape index (κ2) is 11.1. The number of anilines is 5. The van der Waals surface area contributed by atoms with Gasteiger partial charge in [0.2, 0.25) is 6.71 Å². The predicted octanol–water partition coefficient (Wildman–Crippen LogP) is 12.6. The van der Waals surface area contributed by atoms with Crippen molar-refractivity contribution in [3.63, 3.8) is 0 Å². The van der Waals surface area contributed by atoms with Gasteiger partial charge < -0.3 is 14.4 Å². The van der Waals surface area contributed by atoms with Gasteiger partial charge in [-0.25, -0.2) is 0 Å². The van der Waals surface area contributed by atoms with Crippen molar-refractivity contribution in [2.24, 2.45) is 0 Å². The van der Waals surface area contributed by atoms with E-state index >= 15 is 0 Å². The summed E-state index contributed by atoms with van der Waals surface area (Å²) in [6.07, 6.45) is 5.03. The van der Waals surface area contributed by atoms with E-state index in [2.05, 4.69) is 209 Å². The van der Waals surface area contributed by atoms with Crippen LogP contribution in [0.15, 0.2) is 200 Å². The first-order valence-corrected chi connectivity index (χ1v) is 21.2. The molecule has 2 aliphatic carbocycles. The highest BCUT2D eigenvalue weighted by molar-refractivity contribution is 6.95. The monoisotopic (exact) mass is 759 g/mol. The molecule has 2 atom stereocenters. The molecule has 0 spiro atoms. The van der Waals surface area contributed by atoms with Crippen molar-refractivity contribution in [1.82, 2.24) is 4.57 Å². The molecule has 60 heavy (non-hydrogen) atoms. The number of benzene rings is 9. The maximum absolute atomic E-state index is 2.77. The lowest BCUT2D eigenvalue weighted by molar-refractivity contribution is 0.743. The highest BCUT2D eigenvalue weighted by Gasteiger charge is 2.55. The summed E-state index contributed by atoms with van der Waals surface area (Å²) in [5.74, 6) is 0.178. The summed E-state index contributed by atoms with van der Waals surface area (Å²) in [7, 11) is 0. The van der Waals surface area contributed by atoms with E-state index in [0.717, 1.165) is 17.1 Å². The van der Waals surface area contributed by atoms with Gasteiger partial charge in [0.25, 0.3) is 0 Å². The molecule has 0 amide bonds. The van der Waals surface area contributed by atoms with Crippen molar-refractivity contribution < 1.29 is 0 Å². The number of allylic oxidation sites excluding steroid dienone is 2. The molecule has 0 N–H and O–H groups in total. The maximum atomic E-state index is 2.77. The fourth-order valence-electron chi connectivity index (χ4n) is 12.3. The average molecular weight is 760 g/mol. The number of nitrogens with zero attached hydrogens (tertiary/aromatic N) is 3. The van der Waals surface area contributed by atoms with Gasteiger partial charge in [-0.05, 0) is 109 Å². The topological polar surface area (TPSA) is 11.4 Å². The van der Waals surface area contributed by atoms with Crippen molar-refractivity contribution in [3.05, 3.63) is 211 Å². The zero-order valence-corrected chi connectivity index (χ0v) is 32.5. The molecule has 1 aromatic heterocycles. The first kappa shape index (κ1) is 31.4. The fraction of sp³-hybridized carbons (Fsp3) is 0.0357. The van der Waals surface area contributed by atoms with E-state index in [1.165, 1.54) is 105 Å². The molecule has 2 unspecified atom stereocenters. The predicted molar refractivity (Wildman–Crippen MR) is 252 cm³/mol. The van der Waals surface area contributed by atoms with E-state index in [0.29, 0.717) is 0 Å². The normalized spacial score (nSPS) is 17.1. The highest BCUT2D eigenvalue weighted by Crippen LogP contribution is 2.62. The first-order valence-electron chi connectivity index (χ1n) is 21.2. The molecule has 3 aliphatic heterocycles. The van der Waals surface area contributed by atoms with Crippen LogP contribution in [0.1, 0.15) is 17.0 Å². The Hall–Kier alpha value is -7.56. The average Bonchev–Trinajstić information content (AvgIpc) is 3.81. The molecular weight excluding hydrogens is 725 g/mol. The molecule has 0 radical (unpaired) electrons. The minimum atomic E-state index is 0.0764. The Bertz CT molecular complexity index is 3600. The quantitative estimate of drug-likeness (QED) is 0.166. The lowest BCUT2D eigenvalue weighted by Gasteiger charge is -2.46. The lowest BCUT2D eigenvalue weighted by atomic mass is 9.31. The van der Waals surface area contributed by atoms with Crippen LogP contribution in [-0.4, -0.2) is 17.3 Å². The first-order chi connectivity index (χ1) is 29.8. The molecule has 0 saturated heterocycles. The fourth-order valence-corrected chi connectivity index (χ4v) is 12.3. The summed E-state index contributed by atoms with van der Waals surface area (Å²) in [5.41, 5.74) is 21.1. The maximum Gasteiger partial charge on any atom is 0.247 e. The van der Waals surface area contributed by atoms with Crippen LogP contribution >= 0.6 is 0 Å². The van der Waals surface area contributed by atoms with E-state index < -0.39 is 0 Å². The number of fused-ring (bicyclic) bond motifs is 13. The van der Waals surface area contributed by atoms with Gasteiger partial charge in [0.15, 0.2) is 0 Å². The molecule has 10 aromatic rings. The minimum absolute atomic E-state index is 0.0764. The third kappa shape index (κ3) is 3.75. The second-order valence-corrected chi connectivity index (χ2v) is 17.1. The van der Waals surface area contributed by atoms with Gasteiger partial charge in [-0.1, -0.05) is 151 Å². The standard InChI is InChI=1S/C56H34BN3/c1-3-16-35(17-4-1)58(36-18-5-2-6-19-36)37-31-48-54-49(32-37)60-47-29-26-33-15-13-24-41-39-21-9-10-22-40(39)42-27-28-44(55(60)52(42)53(47)50(33)41)57(54)45-30-34-14-7-8-20-38(34)51-43-23-11-12-25-46(43)59(48)56(45)51/h1-32,52,55H. The Kier molecular flexibility index (Phi) is 5.83. The molecule has 0 fully saturated rings. The Balaban J connectivity index is 1.14. The largest absolute Gasteiger partial charge is 0.334 e. The van der Waals surface area contributed by atoms with Crippen molar-refractivity contribution in [2.75, 3.05) is 9.80 Å². The molecular formula is C56H34BN3. The number of para-hydroxylation sites is 3. The molecule has 3 nitrogen and oxygen atoms in total. The second-order valence-electron chi connectivity index (χ2n) is 17.1. The van der Waals surface area contributed by atoms with E-state index in [-0.39, 0.29) is 18.7 Å². The Labute approximate surface area is 347 Å². The van der Waals surface area contributed by atoms with Crippen molar-refractivity contribution >= 4 is 95.0 Å². The summed E-state index contributed by atoms with van der Waals surface area (Å²) in [5, 5.41) is 7.97. The molecule has 0 saturated carbocycles. The van der Waals surface area contributed by atoms with Crippen molar-refractivity contribution in [2.45, 2.75) is 12.0 Å². The van der Waals surface area contributed by atoms with Crippen LogP contribution in [0.25, 0.3) is 65.7 Å². The number of rotatable bonds is 3. The van der Waals surface area contributed by atoms with Crippen LogP contribution in [0.4, 0.5) is 28.4 Å². The van der Waals surface area contributed by atoms with Crippen molar-refractivity contribution in [3.8, 4) is 16.8 Å². The Morgan fingerprint density at radius 1 is 0.483 bits per heavy atom. The minimum Gasteiger partial charge on any atom is -0.334 e. The van der Waals surface area contributed by atoms with Crippen LogP contribution in [0.3, 0.4) is 0 Å². The van der Waals surface area contributed by atoms with Gasteiger partial charge in [-0.15, -0.1) is 0 Å². The van der Waals surface area contributed by atoms with Crippen LogP contribution < -0.4 is 20.7 Å². The Morgan fingerprint density at radius 2 is 1.17 bits per heavy atom. The molecule has 15 rings (SSSR count). The Morgan fingerprint density at radius 3 is 2.00 bits per heavy atom. The number of hydrogen-bond donors (Lipinski definition) is 0. The van der Waals surface area contributed by atoms with Gasteiger partial charge in [0.1, 0.15) is 0 Å². The van der Waals surface area contributed by atoms with E-state index in [9.17, 15) is 0 Å². The molecule has 9 aromatic carbocycles. The van der Waals surface area contributed by atoms with Crippen LogP contribution in [0.2, 0.25) is 0 Å². The van der Waals surface area contributed by atoms with Gasteiger partial charge in [0, 0.05) is 45.1 Å². The summed E-state index contributed by atoms with van der Waals surface area (Å²) >= 11 is 0. The number of aromatic nitrogens is 1. The van der Waals surface area contributed by atoms with Gasteiger partial charge in [0.05, 0.1) is 22.8 Å². The third-order valence-corrected chi connectivity index (χ3v) is 14.4. The van der Waals surface area contributed by atoms with Crippen LogP contribution in [-0.2, 0) is 0 Å². The molecule has 5 aliphatic rings. The van der Waals surface area contributed by atoms with E-state index in [1.807, 2.05) is 0 Å². The zero-order chi connectivity index (χ0) is 38.8. The van der Waals surface area contributed by atoms with Crippen LogP contribution in [0, 0.1) is 0 Å². The van der Waals surface area contributed by atoms with Crippen molar-refractivity contribution in [1.29, 1.82) is 0 Å². The number of hydrogen-bond acceptors (Lipinski definition) is 2.